The van der Waals surface area contributed by atoms with Crippen molar-refractivity contribution >= 4 is 11.7 Å². The lowest BCUT2D eigenvalue weighted by atomic mass is 9.85. The van der Waals surface area contributed by atoms with Crippen molar-refractivity contribution in [1.29, 1.82) is 0 Å². The van der Waals surface area contributed by atoms with Gasteiger partial charge in [-0.05, 0) is 18.8 Å². The van der Waals surface area contributed by atoms with E-state index >= 15 is 0 Å². The molecule has 0 aliphatic heterocycles. The Morgan fingerprint density at radius 2 is 2.25 bits per heavy atom. The number of hydrogen-bond acceptors (Lipinski definition) is 5. The summed E-state index contributed by atoms with van der Waals surface area (Å²) in [6.45, 7) is 0.734. The molecule has 1 aromatic rings. The van der Waals surface area contributed by atoms with E-state index in [1.165, 1.54) is 31.7 Å². The van der Waals surface area contributed by atoms with Gasteiger partial charge in [0.25, 0.3) is 5.91 Å². The lowest BCUT2D eigenvalue weighted by molar-refractivity contribution is 0.0933. The maximum absolute atomic E-state index is 11.6. The van der Waals surface area contributed by atoms with Gasteiger partial charge >= 0.3 is 0 Å². The van der Waals surface area contributed by atoms with Crippen LogP contribution in [0.25, 0.3) is 0 Å². The highest BCUT2D eigenvalue weighted by Gasteiger charge is 2.18. The van der Waals surface area contributed by atoms with Crippen molar-refractivity contribution in [3.05, 3.63) is 18.1 Å². The van der Waals surface area contributed by atoms with E-state index in [2.05, 4.69) is 20.7 Å². The van der Waals surface area contributed by atoms with Crippen LogP contribution in [0.5, 0.6) is 0 Å². The SMILES string of the molecule is NNc1cnc(C(=O)NCC2CCC2)cn1. The van der Waals surface area contributed by atoms with Crippen LogP contribution in [0.15, 0.2) is 12.4 Å². The Bertz CT molecular complexity index is 360. The smallest absolute Gasteiger partial charge is 0.271 e. The highest BCUT2D eigenvalue weighted by Crippen LogP contribution is 2.25. The summed E-state index contributed by atoms with van der Waals surface area (Å²) in [5.41, 5.74) is 2.67. The molecule has 0 bridgehead atoms. The lowest BCUT2D eigenvalue weighted by Crippen LogP contribution is -2.32. The summed E-state index contributed by atoms with van der Waals surface area (Å²) >= 11 is 0. The predicted octanol–water partition coefficient (Wildman–Crippen LogP) is 0.292. The van der Waals surface area contributed by atoms with E-state index < -0.39 is 0 Å². The summed E-state index contributed by atoms with van der Waals surface area (Å²) < 4.78 is 0. The molecule has 1 aliphatic carbocycles. The van der Waals surface area contributed by atoms with E-state index in [1.54, 1.807) is 0 Å². The largest absolute Gasteiger partial charge is 0.350 e. The Morgan fingerprint density at radius 3 is 2.75 bits per heavy atom. The zero-order chi connectivity index (χ0) is 11.4. The average Bonchev–Trinajstić information content (AvgIpc) is 2.27. The summed E-state index contributed by atoms with van der Waals surface area (Å²) in [4.78, 5) is 19.5. The molecule has 1 aliphatic rings. The molecule has 1 amide bonds. The van der Waals surface area contributed by atoms with Crippen molar-refractivity contribution in [1.82, 2.24) is 15.3 Å². The maximum Gasteiger partial charge on any atom is 0.271 e. The average molecular weight is 221 g/mol. The standard InChI is InChI=1S/C10H15N5O/c11-15-9-6-12-8(5-13-9)10(16)14-4-7-2-1-3-7/h5-7H,1-4,11H2,(H,13,15)(H,14,16). The van der Waals surface area contributed by atoms with Crippen LogP contribution < -0.4 is 16.6 Å². The molecular weight excluding hydrogens is 206 g/mol. The van der Waals surface area contributed by atoms with Gasteiger partial charge in [0.15, 0.2) is 5.82 Å². The molecule has 1 heterocycles. The van der Waals surface area contributed by atoms with Crippen LogP contribution >= 0.6 is 0 Å². The first-order valence-electron chi connectivity index (χ1n) is 5.36. The van der Waals surface area contributed by atoms with Crippen molar-refractivity contribution in [3.63, 3.8) is 0 Å². The van der Waals surface area contributed by atoms with E-state index in [-0.39, 0.29) is 5.91 Å². The van der Waals surface area contributed by atoms with Gasteiger partial charge in [0.2, 0.25) is 0 Å². The van der Waals surface area contributed by atoms with Crippen molar-refractivity contribution < 1.29 is 4.79 Å². The van der Waals surface area contributed by atoms with Crippen molar-refractivity contribution in [3.8, 4) is 0 Å². The summed E-state index contributed by atoms with van der Waals surface area (Å²) in [6, 6.07) is 0. The molecule has 6 heteroatoms. The first kappa shape index (κ1) is 10.8. The summed E-state index contributed by atoms with van der Waals surface area (Å²) in [6.07, 6.45) is 6.53. The number of nitrogen functional groups attached to an aromatic ring is 1. The first-order valence-corrected chi connectivity index (χ1v) is 5.36. The van der Waals surface area contributed by atoms with E-state index in [0.717, 1.165) is 6.54 Å². The minimum Gasteiger partial charge on any atom is -0.350 e. The Labute approximate surface area is 93.6 Å². The van der Waals surface area contributed by atoms with Crippen molar-refractivity contribution in [2.75, 3.05) is 12.0 Å². The van der Waals surface area contributed by atoms with E-state index in [9.17, 15) is 4.79 Å². The minimum absolute atomic E-state index is 0.178. The number of aromatic nitrogens is 2. The van der Waals surface area contributed by atoms with Gasteiger partial charge in [-0.3, -0.25) is 4.79 Å². The van der Waals surface area contributed by atoms with Gasteiger partial charge in [-0.1, -0.05) is 6.42 Å². The number of nitrogens with zero attached hydrogens (tertiary/aromatic N) is 2. The third-order valence-corrected chi connectivity index (χ3v) is 2.81. The third-order valence-electron chi connectivity index (χ3n) is 2.81. The van der Waals surface area contributed by atoms with Gasteiger partial charge in [0.1, 0.15) is 5.69 Å². The van der Waals surface area contributed by atoms with Crippen LogP contribution in [0, 0.1) is 5.92 Å². The molecule has 1 fully saturated rings. The van der Waals surface area contributed by atoms with E-state index in [0.29, 0.717) is 17.4 Å². The van der Waals surface area contributed by atoms with Gasteiger partial charge in [0.05, 0.1) is 12.4 Å². The molecule has 0 atom stereocenters. The molecule has 86 valence electrons. The second-order valence-electron chi connectivity index (χ2n) is 3.94. The van der Waals surface area contributed by atoms with Crippen LogP contribution in [0.2, 0.25) is 0 Å². The molecule has 2 rings (SSSR count). The Hall–Kier alpha value is -1.69. The molecule has 16 heavy (non-hydrogen) atoms. The molecule has 0 spiro atoms. The highest BCUT2D eigenvalue weighted by atomic mass is 16.1. The highest BCUT2D eigenvalue weighted by molar-refractivity contribution is 5.91. The van der Waals surface area contributed by atoms with Gasteiger partial charge < -0.3 is 10.7 Å². The molecule has 0 radical (unpaired) electrons. The van der Waals surface area contributed by atoms with Gasteiger partial charge in [-0.15, -0.1) is 0 Å². The number of carbonyl (C=O) groups excluding carboxylic acids is 1. The third kappa shape index (κ3) is 2.46. The second kappa shape index (κ2) is 4.89. The fourth-order valence-corrected chi connectivity index (χ4v) is 1.54. The van der Waals surface area contributed by atoms with E-state index in [1.807, 2.05) is 0 Å². The predicted molar refractivity (Wildman–Crippen MR) is 59.5 cm³/mol. The van der Waals surface area contributed by atoms with Crippen LogP contribution in [-0.4, -0.2) is 22.4 Å². The molecule has 4 N–H and O–H groups in total. The molecule has 6 nitrogen and oxygen atoms in total. The molecular formula is C10H15N5O. The van der Waals surface area contributed by atoms with Crippen LogP contribution in [-0.2, 0) is 0 Å². The zero-order valence-corrected chi connectivity index (χ0v) is 8.94. The monoisotopic (exact) mass is 221 g/mol. The number of rotatable bonds is 4. The van der Waals surface area contributed by atoms with Crippen molar-refractivity contribution in [2.24, 2.45) is 11.8 Å². The Kier molecular flexibility index (Phi) is 3.31. The number of hydrogen-bond donors (Lipinski definition) is 3. The Morgan fingerprint density at radius 1 is 1.44 bits per heavy atom. The minimum atomic E-state index is -0.178. The molecule has 0 saturated heterocycles. The molecule has 0 unspecified atom stereocenters. The number of hydrazine groups is 1. The zero-order valence-electron chi connectivity index (χ0n) is 8.94. The Balaban J connectivity index is 1.86. The normalized spacial score (nSPS) is 15.3. The lowest BCUT2D eigenvalue weighted by Gasteiger charge is -2.25. The van der Waals surface area contributed by atoms with Gasteiger partial charge in [-0.2, -0.15) is 0 Å². The summed E-state index contributed by atoms with van der Waals surface area (Å²) in [5.74, 6) is 6.05. The van der Waals surface area contributed by atoms with Crippen LogP contribution in [0.4, 0.5) is 5.82 Å². The van der Waals surface area contributed by atoms with Gasteiger partial charge in [-0.25, -0.2) is 15.8 Å². The number of amides is 1. The van der Waals surface area contributed by atoms with Crippen molar-refractivity contribution in [2.45, 2.75) is 19.3 Å². The number of carbonyl (C=O) groups is 1. The maximum atomic E-state index is 11.6. The molecule has 0 aromatic carbocycles. The number of anilines is 1. The van der Waals surface area contributed by atoms with Gasteiger partial charge in [0, 0.05) is 6.54 Å². The molecule has 1 aromatic heterocycles. The second-order valence-corrected chi connectivity index (χ2v) is 3.94. The fourth-order valence-electron chi connectivity index (χ4n) is 1.54. The van der Waals surface area contributed by atoms with E-state index in [4.69, 9.17) is 5.84 Å². The quantitative estimate of drug-likeness (QED) is 0.502. The summed E-state index contributed by atoms with van der Waals surface area (Å²) in [7, 11) is 0. The van der Waals surface area contributed by atoms with Crippen LogP contribution in [0.1, 0.15) is 29.8 Å². The first-order chi connectivity index (χ1) is 7.79. The fraction of sp³-hybridized carbons (Fsp3) is 0.500. The number of nitrogens with one attached hydrogen (secondary N) is 2. The topological polar surface area (TPSA) is 92.9 Å². The van der Waals surface area contributed by atoms with Crippen LogP contribution in [0.3, 0.4) is 0 Å². The molecule has 1 saturated carbocycles. The summed E-state index contributed by atoms with van der Waals surface area (Å²) in [5, 5.41) is 2.85. The number of nitrogens with two attached hydrogens (primary N) is 1.